The summed E-state index contributed by atoms with van der Waals surface area (Å²) in [6.45, 7) is 3.34. The molecule has 1 aliphatic heterocycles. The average molecular weight is 288 g/mol. The Morgan fingerprint density at radius 2 is 2.29 bits per heavy atom. The SMILES string of the molecule is COCc1ccccc1-c1nc(C2CNCCN2C)no1. The van der Waals surface area contributed by atoms with Crippen LogP contribution in [0, 0.1) is 0 Å². The van der Waals surface area contributed by atoms with Gasteiger partial charge >= 0.3 is 0 Å². The molecule has 1 N–H and O–H groups in total. The normalized spacial score (nSPS) is 19.8. The number of aromatic nitrogens is 2. The van der Waals surface area contributed by atoms with Crippen LogP contribution in [0.15, 0.2) is 28.8 Å². The topological polar surface area (TPSA) is 63.4 Å². The summed E-state index contributed by atoms with van der Waals surface area (Å²) < 4.78 is 10.7. The van der Waals surface area contributed by atoms with Crippen LogP contribution in [0.25, 0.3) is 11.5 Å². The van der Waals surface area contributed by atoms with Gasteiger partial charge in [-0.1, -0.05) is 23.4 Å². The monoisotopic (exact) mass is 288 g/mol. The van der Waals surface area contributed by atoms with Gasteiger partial charge in [-0.05, 0) is 18.7 Å². The van der Waals surface area contributed by atoms with E-state index in [2.05, 4.69) is 27.4 Å². The predicted octanol–water partition coefficient (Wildman–Crippen LogP) is 1.46. The van der Waals surface area contributed by atoms with Crippen molar-refractivity contribution in [3.8, 4) is 11.5 Å². The van der Waals surface area contributed by atoms with Crippen molar-refractivity contribution in [2.24, 2.45) is 0 Å². The van der Waals surface area contributed by atoms with Gasteiger partial charge in [0.05, 0.1) is 12.6 Å². The molecule has 1 fully saturated rings. The third kappa shape index (κ3) is 2.97. The van der Waals surface area contributed by atoms with Gasteiger partial charge in [0.15, 0.2) is 5.82 Å². The molecule has 0 bridgehead atoms. The zero-order valence-corrected chi connectivity index (χ0v) is 12.4. The van der Waals surface area contributed by atoms with Crippen molar-refractivity contribution < 1.29 is 9.26 Å². The highest BCUT2D eigenvalue weighted by molar-refractivity contribution is 5.58. The zero-order chi connectivity index (χ0) is 14.7. The lowest BCUT2D eigenvalue weighted by Gasteiger charge is -2.30. The summed E-state index contributed by atoms with van der Waals surface area (Å²) in [5.41, 5.74) is 1.98. The van der Waals surface area contributed by atoms with Crippen molar-refractivity contribution in [1.29, 1.82) is 0 Å². The molecule has 1 atom stereocenters. The quantitative estimate of drug-likeness (QED) is 0.919. The minimum atomic E-state index is 0.158. The molecule has 112 valence electrons. The Kier molecular flexibility index (Phi) is 4.28. The van der Waals surface area contributed by atoms with Crippen LogP contribution >= 0.6 is 0 Å². The van der Waals surface area contributed by atoms with E-state index >= 15 is 0 Å². The first-order valence-electron chi connectivity index (χ1n) is 7.11. The molecule has 1 aromatic carbocycles. The zero-order valence-electron chi connectivity index (χ0n) is 12.4. The average Bonchev–Trinajstić information content (AvgIpc) is 2.98. The van der Waals surface area contributed by atoms with Crippen LogP contribution in [0.3, 0.4) is 0 Å². The van der Waals surface area contributed by atoms with Gasteiger partial charge in [0, 0.05) is 32.3 Å². The van der Waals surface area contributed by atoms with E-state index in [-0.39, 0.29) is 6.04 Å². The first-order valence-corrected chi connectivity index (χ1v) is 7.11. The molecule has 0 aliphatic carbocycles. The maximum atomic E-state index is 5.47. The van der Waals surface area contributed by atoms with E-state index in [0.717, 1.165) is 36.6 Å². The molecular formula is C15H20N4O2. The lowest BCUT2D eigenvalue weighted by Crippen LogP contribution is -2.44. The third-order valence-corrected chi connectivity index (χ3v) is 3.80. The van der Waals surface area contributed by atoms with E-state index in [4.69, 9.17) is 9.26 Å². The van der Waals surface area contributed by atoms with E-state index in [1.807, 2.05) is 24.3 Å². The smallest absolute Gasteiger partial charge is 0.258 e. The van der Waals surface area contributed by atoms with Crippen LogP contribution < -0.4 is 5.32 Å². The van der Waals surface area contributed by atoms with Gasteiger partial charge in [-0.3, -0.25) is 4.90 Å². The standard InChI is InChI=1S/C15H20N4O2/c1-19-8-7-16-9-13(19)14-17-15(21-18-14)12-6-4-3-5-11(12)10-20-2/h3-6,13,16H,7-10H2,1-2H3. The van der Waals surface area contributed by atoms with Gasteiger partial charge in [-0.2, -0.15) is 4.98 Å². The van der Waals surface area contributed by atoms with E-state index < -0.39 is 0 Å². The number of nitrogens with zero attached hydrogens (tertiary/aromatic N) is 3. The molecule has 6 heteroatoms. The number of likely N-dealkylation sites (N-methyl/N-ethyl adjacent to an activating group) is 1. The fraction of sp³-hybridized carbons (Fsp3) is 0.467. The van der Waals surface area contributed by atoms with Gasteiger partial charge in [-0.25, -0.2) is 0 Å². The Morgan fingerprint density at radius 1 is 1.43 bits per heavy atom. The minimum Gasteiger partial charge on any atom is -0.380 e. The Balaban J connectivity index is 1.88. The Hall–Kier alpha value is -1.76. The van der Waals surface area contributed by atoms with Crippen molar-refractivity contribution in [3.63, 3.8) is 0 Å². The number of hydrogen-bond acceptors (Lipinski definition) is 6. The van der Waals surface area contributed by atoms with Crippen molar-refractivity contribution in [1.82, 2.24) is 20.4 Å². The van der Waals surface area contributed by atoms with Crippen LogP contribution in [0.4, 0.5) is 0 Å². The van der Waals surface area contributed by atoms with Gasteiger partial charge in [0.25, 0.3) is 5.89 Å². The summed E-state index contributed by atoms with van der Waals surface area (Å²) in [6, 6.07) is 8.09. The lowest BCUT2D eigenvalue weighted by molar-refractivity contribution is 0.185. The third-order valence-electron chi connectivity index (χ3n) is 3.80. The van der Waals surface area contributed by atoms with E-state index in [1.165, 1.54) is 0 Å². The summed E-state index contributed by atoms with van der Waals surface area (Å²) in [5, 5.41) is 7.52. The van der Waals surface area contributed by atoms with Crippen LogP contribution in [0.2, 0.25) is 0 Å². The second-order valence-corrected chi connectivity index (χ2v) is 5.25. The summed E-state index contributed by atoms with van der Waals surface area (Å²) in [7, 11) is 3.76. The van der Waals surface area contributed by atoms with Crippen molar-refractivity contribution >= 4 is 0 Å². The first-order chi connectivity index (χ1) is 10.3. The summed E-state index contributed by atoms with van der Waals surface area (Å²) in [5.74, 6) is 1.28. The van der Waals surface area contributed by atoms with Crippen molar-refractivity contribution in [2.75, 3.05) is 33.8 Å². The Labute approximate surface area is 124 Å². The molecule has 6 nitrogen and oxygen atoms in total. The molecule has 1 aliphatic rings. The lowest BCUT2D eigenvalue weighted by atomic mass is 10.1. The minimum absolute atomic E-state index is 0.158. The fourth-order valence-electron chi connectivity index (χ4n) is 2.58. The van der Waals surface area contributed by atoms with Crippen LogP contribution in [0.5, 0.6) is 0 Å². The van der Waals surface area contributed by atoms with Crippen LogP contribution in [-0.4, -0.2) is 48.8 Å². The number of methoxy groups -OCH3 is 1. The number of benzene rings is 1. The number of hydrogen-bond donors (Lipinski definition) is 1. The first kappa shape index (κ1) is 14.2. The summed E-state index contributed by atoms with van der Waals surface area (Å²) in [4.78, 5) is 6.82. The molecule has 1 saturated heterocycles. The Morgan fingerprint density at radius 3 is 3.10 bits per heavy atom. The molecule has 0 spiro atoms. The maximum absolute atomic E-state index is 5.47. The highest BCUT2D eigenvalue weighted by Gasteiger charge is 2.25. The molecule has 0 radical (unpaired) electrons. The number of ether oxygens (including phenoxy) is 1. The Bertz CT molecular complexity index is 599. The molecule has 2 heterocycles. The molecule has 21 heavy (non-hydrogen) atoms. The molecule has 3 rings (SSSR count). The molecular weight excluding hydrogens is 268 g/mol. The van der Waals surface area contributed by atoms with E-state index in [9.17, 15) is 0 Å². The van der Waals surface area contributed by atoms with E-state index in [0.29, 0.717) is 12.5 Å². The van der Waals surface area contributed by atoms with Crippen LogP contribution in [0.1, 0.15) is 17.4 Å². The summed E-state index contributed by atoms with van der Waals surface area (Å²) in [6.07, 6.45) is 0. The number of piperazine rings is 1. The number of rotatable bonds is 4. The molecule has 1 aromatic heterocycles. The van der Waals surface area contributed by atoms with E-state index in [1.54, 1.807) is 7.11 Å². The largest absolute Gasteiger partial charge is 0.380 e. The fourth-order valence-corrected chi connectivity index (χ4v) is 2.58. The molecule has 1 unspecified atom stereocenters. The van der Waals surface area contributed by atoms with Crippen molar-refractivity contribution in [3.05, 3.63) is 35.7 Å². The van der Waals surface area contributed by atoms with Gasteiger partial charge in [0.2, 0.25) is 0 Å². The van der Waals surface area contributed by atoms with Gasteiger partial charge in [0.1, 0.15) is 0 Å². The highest BCUT2D eigenvalue weighted by Crippen LogP contribution is 2.25. The summed E-state index contributed by atoms with van der Waals surface area (Å²) >= 11 is 0. The number of nitrogens with one attached hydrogen (secondary N) is 1. The van der Waals surface area contributed by atoms with Gasteiger partial charge < -0.3 is 14.6 Å². The molecule has 0 saturated carbocycles. The molecule has 0 amide bonds. The second-order valence-electron chi connectivity index (χ2n) is 5.25. The van der Waals surface area contributed by atoms with Crippen molar-refractivity contribution in [2.45, 2.75) is 12.6 Å². The molecule has 2 aromatic rings. The van der Waals surface area contributed by atoms with Crippen LogP contribution in [-0.2, 0) is 11.3 Å². The highest BCUT2D eigenvalue weighted by atomic mass is 16.5. The maximum Gasteiger partial charge on any atom is 0.258 e. The predicted molar refractivity (Wildman–Crippen MR) is 78.7 cm³/mol. The second kappa shape index (κ2) is 6.34. The van der Waals surface area contributed by atoms with Gasteiger partial charge in [-0.15, -0.1) is 0 Å².